The first-order valence-electron chi connectivity index (χ1n) is 3.22. The molecular formula is C8H9NSi. The summed E-state index contributed by atoms with van der Waals surface area (Å²) in [6.07, 6.45) is 3.87. The molecule has 0 amide bonds. The van der Waals surface area contributed by atoms with E-state index in [1.165, 1.54) is 0 Å². The van der Waals surface area contributed by atoms with Crippen LogP contribution in [0.25, 0.3) is 0 Å². The molecule has 0 fully saturated rings. The predicted octanol–water partition coefficient (Wildman–Crippen LogP) is 0.945. The van der Waals surface area contributed by atoms with Crippen LogP contribution in [0.1, 0.15) is 6.92 Å². The fourth-order valence-corrected chi connectivity index (χ4v) is 1.30. The minimum Gasteiger partial charge on any atom is -0.266 e. The number of hydrogen-bond acceptors (Lipinski definition) is 1. The molecule has 0 aliphatic heterocycles. The number of hydrogen-bond donors (Lipinski definition) is 0. The fourth-order valence-electron chi connectivity index (χ4n) is 0.617. The quantitative estimate of drug-likeness (QED) is 0.567. The van der Waals surface area contributed by atoms with Gasteiger partial charge in [0.1, 0.15) is 9.52 Å². The zero-order chi connectivity index (χ0) is 7.23. The lowest BCUT2D eigenvalue weighted by atomic mass is 10.5. The van der Waals surface area contributed by atoms with Crippen LogP contribution in [0.2, 0.25) is 0 Å². The average molecular weight is 147 g/mol. The van der Waals surface area contributed by atoms with Crippen LogP contribution in [0.4, 0.5) is 0 Å². The monoisotopic (exact) mass is 147 g/mol. The Balaban J connectivity index is 2.59. The first-order valence-corrected chi connectivity index (χ1v) is 4.30. The van der Waals surface area contributed by atoms with Crippen molar-refractivity contribution in [2.45, 2.75) is 6.92 Å². The molecule has 10 heavy (non-hydrogen) atoms. The fraction of sp³-hybridized carbons (Fsp3) is 0.125. The zero-order valence-corrected chi connectivity index (χ0v) is 6.91. The van der Waals surface area contributed by atoms with Gasteiger partial charge in [-0.1, -0.05) is 17.8 Å². The molecule has 1 aromatic heterocycles. The highest BCUT2D eigenvalue weighted by atomic mass is 28.2. The Morgan fingerprint density at radius 1 is 1.50 bits per heavy atom. The Hall–Kier alpha value is -0.893. The molecule has 1 heterocycles. The summed E-state index contributed by atoms with van der Waals surface area (Å²) in [6.45, 7) is 2.02. The number of rotatable bonds is 2. The van der Waals surface area contributed by atoms with E-state index in [1.54, 1.807) is 0 Å². The van der Waals surface area contributed by atoms with Gasteiger partial charge in [-0.15, -0.1) is 0 Å². The largest absolute Gasteiger partial charge is 0.266 e. The zero-order valence-electron chi connectivity index (χ0n) is 5.91. The first-order chi connectivity index (χ1) is 4.93. The summed E-state index contributed by atoms with van der Waals surface area (Å²) in [5, 5.41) is 1.15. The average Bonchev–Trinajstić information content (AvgIpc) is 2.03. The number of allylic oxidation sites excluding steroid dienone is 1. The van der Waals surface area contributed by atoms with Gasteiger partial charge in [-0.25, -0.2) is 0 Å². The second-order valence-electron chi connectivity index (χ2n) is 1.86. The summed E-state index contributed by atoms with van der Waals surface area (Å²) < 4.78 is 0. The van der Waals surface area contributed by atoms with E-state index in [1.807, 2.05) is 37.4 Å². The highest BCUT2D eigenvalue weighted by molar-refractivity contribution is 6.57. The van der Waals surface area contributed by atoms with Crippen LogP contribution in [0.15, 0.2) is 36.2 Å². The molecule has 0 bridgehead atoms. The van der Waals surface area contributed by atoms with Crippen LogP contribution in [0.5, 0.6) is 0 Å². The molecule has 0 saturated heterocycles. The molecule has 2 heteroatoms. The SMILES string of the molecule is CC=C[Si]c1ccccn1. The van der Waals surface area contributed by atoms with E-state index < -0.39 is 0 Å². The van der Waals surface area contributed by atoms with Crippen molar-refractivity contribution in [2.24, 2.45) is 0 Å². The molecule has 2 radical (unpaired) electrons. The topological polar surface area (TPSA) is 12.9 Å². The second-order valence-corrected chi connectivity index (χ2v) is 2.99. The lowest BCUT2D eigenvalue weighted by Gasteiger charge is -1.89. The molecule has 50 valence electrons. The summed E-state index contributed by atoms with van der Waals surface area (Å²) in [5.74, 6) is 0. The maximum atomic E-state index is 4.18. The molecule has 0 aliphatic carbocycles. The molecule has 0 saturated carbocycles. The number of nitrogens with zero attached hydrogens (tertiary/aromatic N) is 1. The van der Waals surface area contributed by atoms with Crippen molar-refractivity contribution < 1.29 is 0 Å². The van der Waals surface area contributed by atoms with Crippen molar-refractivity contribution in [3.8, 4) is 0 Å². The van der Waals surface area contributed by atoms with E-state index in [9.17, 15) is 0 Å². The van der Waals surface area contributed by atoms with Crippen LogP contribution < -0.4 is 5.32 Å². The van der Waals surface area contributed by atoms with Gasteiger partial charge in [0.15, 0.2) is 0 Å². The summed E-state index contributed by atoms with van der Waals surface area (Å²) in [7, 11) is 0.713. The van der Waals surface area contributed by atoms with Gasteiger partial charge in [0.2, 0.25) is 0 Å². The van der Waals surface area contributed by atoms with E-state index in [0.29, 0.717) is 9.52 Å². The maximum Gasteiger partial charge on any atom is 0.138 e. The molecule has 0 unspecified atom stereocenters. The van der Waals surface area contributed by atoms with Gasteiger partial charge in [0.25, 0.3) is 0 Å². The van der Waals surface area contributed by atoms with Crippen molar-refractivity contribution >= 4 is 14.8 Å². The Labute approximate surface area is 63.6 Å². The van der Waals surface area contributed by atoms with Crippen LogP contribution >= 0.6 is 0 Å². The van der Waals surface area contributed by atoms with Gasteiger partial charge in [0.05, 0.1) is 0 Å². The van der Waals surface area contributed by atoms with Crippen LogP contribution in [-0.4, -0.2) is 14.5 Å². The third kappa shape index (κ3) is 2.15. The van der Waals surface area contributed by atoms with Gasteiger partial charge in [-0.2, -0.15) is 0 Å². The summed E-state index contributed by atoms with van der Waals surface area (Å²) in [6, 6.07) is 5.99. The minimum atomic E-state index is 0.713. The predicted molar refractivity (Wildman–Crippen MR) is 44.4 cm³/mol. The molecule has 0 N–H and O–H groups in total. The van der Waals surface area contributed by atoms with Crippen LogP contribution in [0, 0.1) is 0 Å². The second kappa shape index (κ2) is 4.01. The highest BCUT2D eigenvalue weighted by Gasteiger charge is 1.86. The molecule has 0 aromatic carbocycles. The Morgan fingerprint density at radius 2 is 2.40 bits per heavy atom. The van der Waals surface area contributed by atoms with E-state index in [-0.39, 0.29) is 0 Å². The van der Waals surface area contributed by atoms with Gasteiger partial charge < -0.3 is 0 Å². The van der Waals surface area contributed by atoms with Crippen molar-refractivity contribution in [1.82, 2.24) is 4.98 Å². The lowest BCUT2D eigenvalue weighted by Crippen LogP contribution is -2.14. The minimum absolute atomic E-state index is 0.713. The third-order valence-corrected chi connectivity index (χ3v) is 2.15. The summed E-state index contributed by atoms with van der Waals surface area (Å²) in [4.78, 5) is 4.18. The Kier molecular flexibility index (Phi) is 2.89. The smallest absolute Gasteiger partial charge is 0.138 e. The Bertz CT molecular complexity index is 206. The van der Waals surface area contributed by atoms with Crippen LogP contribution in [-0.2, 0) is 0 Å². The van der Waals surface area contributed by atoms with Gasteiger partial charge in [0, 0.05) is 11.5 Å². The summed E-state index contributed by atoms with van der Waals surface area (Å²) >= 11 is 0. The maximum absolute atomic E-state index is 4.18. The van der Waals surface area contributed by atoms with E-state index in [4.69, 9.17) is 0 Å². The van der Waals surface area contributed by atoms with E-state index in [2.05, 4.69) is 10.7 Å². The molecule has 1 aromatic rings. The Morgan fingerprint density at radius 3 is 3.00 bits per heavy atom. The summed E-state index contributed by atoms with van der Waals surface area (Å²) in [5.41, 5.74) is 2.13. The molecular weight excluding hydrogens is 138 g/mol. The lowest BCUT2D eigenvalue weighted by molar-refractivity contribution is 1.39. The number of aromatic nitrogens is 1. The molecule has 1 rings (SSSR count). The van der Waals surface area contributed by atoms with Gasteiger partial charge in [-0.05, 0) is 19.1 Å². The van der Waals surface area contributed by atoms with Gasteiger partial charge >= 0.3 is 0 Å². The molecule has 0 aliphatic rings. The van der Waals surface area contributed by atoms with Crippen molar-refractivity contribution in [2.75, 3.05) is 0 Å². The van der Waals surface area contributed by atoms with Gasteiger partial charge in [-0.3, -0.25) is 4.98 Å². The van der Waals surface area contributed by atoms with E-state index >= 15 is 0 Å². The normalized spacial score (nSPS) is 10.5. The molecule has 0 spiro atoms. The first kappa shape index (κ1) is 7.22. The third-order valence-electron chi connectivity index (χ3n) is 1.06. The molecule has 0 atom stereocenters. The van der Waals surface area contributed by atoms with E-state index in [0.717, 1.165) is 5.32 Å². The van der Waals surface area contributed by atoms with Crippen molar-refractivity contribution in [3.05, 3.63) is 36.2 Å². The van der Waals surface area contributed by atoms with Crippen LogP contribution in [0.3, 0.4) is 0 Å². The molecule has 1 nitrogen and oxygen atoms in total. The number of pyridine rings is 1. The highest BCUT2D eigenvalue weighted by Crippen LogP contribution is 1.76. The standard InChI is InChI=1S/C8H9NSi/c1-2-7-10-8-5-3-4-6-9-8/h2-7H,1H3. The van der Waals surface area contributed by atoms with Crippen molar-refractivity contribution in [3.63, 3.8) is 0 Å². The van der Waals surface area contributed by atoms with Crippen molar-refractivity contribution in [1.29, 1.82) is 0 Å².